The van der Waals surface area contributed by atoms with Crippen LogP contribution >= 0.6 is 39.7 Å². The fraction of sp³-hybridized carbons (Fsp3) is 0.593. The molecule has 110 heavy (non-hydrogen) atoms. The van der Waals surface area contributed by atoms with Crippen LogP contribution in [-0.4, -0.2) is 278 Å². The minimum absolute atomic E-state index is 0.00602. The van der Waals surface area contributed by atoms with Crippen molar-refractivity contribution in [1.29, 1.82) is 0 Å². The van der Waals surface area contributed by atoms with Crippen molar-refractivity contribution in [2.24, 2.45) is 11.8 Å². The van der Waals surface area contributed by atoms with Crippen LogP contribution in [0.1, 0.15) is 70.1 Å². The molecule has 48 nitrogen and oxygen atoms in total. The summed E-state index contributed by atoms with van der Waals surface area (Å²) in [5.41, 5.74) is 18.4. The monoisotopic (exact) mass is 1700 g/mol. The average Bonchev–Trinajstić information content (AvgIpc) is 1.62. The van der Waals surface area contributed by atoms with Crippen LogP contribution in [-0.2, 0) is 115 Å². The molecule has 1 aliphatic carbocycles. The Morgan fingerprint density at radius 1 is 0.609 bits per heavy atom. The van der Waals surface area contributed by atoms with Gasteiger partial charge in [0.05, 0.1) is 50.7 Å². The van der Waals surface area contributed by atoms with E-state index >= 15 is 0 Å². The van der Waals surface area contributed by atoms with E-state index in [0.717, 1.165) is 42.0 Å². The number of fused-ring (bicyclic) bond motifs is 3. The zero-order chi connectivity index (χ0) is 79.5. The third kappa shape index (κ3) is 20.2. The highest BCUT2D eigenvalue weighted by Crippen LogP contribution is 2.55. The van der Waals surface area contributed by atoms with E-state index in [1.165, 1.54) is 26.4 Å². The summed E-state index contributed by atoms with van der Waals surface area (Å²) in [6.45, 7) is -16.6. The third-order valence-electron chi connectivity index (χ3n) is 18.0. The summed E-state index contributed by atoms with van der Waals surface area (Å²) in [6.07, 6.45) is -13.2. The molecule has 602 valence electrons. The van der Waals surface area contributed by atoms with Crippen molar-refractivity contribution in [3.63, 3.8) is 0 Å². The van der Waals surface area contributed by atoms with Crippen molar-refractivity contribution in [2.75, 3.05) is 62.5 Å². The SMILES string of the molecule is Nc1ncnc2c1ncn2[C@@H]1O[C@H](COP(O)(=S)O[C@@H]2[C@H](O)[C@@H](COP(O)(=S)O[C@@H]3[C@H](O)[C@@H](COP(O)(O)=S)O[C@H]3n3cnc4c(N)ncnc43)O[C@H]2n2cnc3c(N)ncnc32)[C@@H](O)[C@H]1OP(=O)(O)OCCCNC(=O)C1CCC(CN2C(=O)CC(SCC(NC(=O)NC(CCC(=O)O)C(=O)O)C(=O)O)C2=O)CC1. The van der Waals surface area contributed by atoms with Gasteiger partial charge in [-0.25, -0.2) is 63.8 Å². The summed E-state index contributed by atoms with van der Waals surface area (Å²) < 4.78 is 75.1. The van der Waals surface area contributed by atoms with Crippen molar-refractivity contribution in [3.8, 4) is 0 Å². The molecule has 0 bridgehead atoms. The summed E-state index contributed by atoms with van der Waals surface area (Å²) in [6, 6.07) is -4.47. The van der Waals surface area contributed by atoms with Crippen molar-refractivity contribution >= 4 is 168 Å². The van der Waals surface area contributed by atoms with E-state index in [2.05, 4.69) is 67.3 Å². The minimum atomic E-state index is -5.22. The van der Waals surface area contributed by atoms with Gasteiger partial charge in [-0.3, -0.25) is 55.9 Å². The topological polar surface area (TPSA) is 700 Å². The highest BCUT2D eigenvalue weighted by atomic mass is 32.5. The molecule has 0 aromatic carbocycles. The van der Waals surface area contributed by atoms with Gasteiger partial charge >= 0.3 is 51.9 Å². The second kappa shape index (κ2) is 35.3. The first-order chi connectivity index (χ1) is 52.0. The number of phosphoric acid groups is 1. The highest BCUT2D eigenvalue weighted by molar-refractivity contribution is 8.07. The summed E-state index contributed by atoms with van der Waals surface area (Å²) in [4.78, 5) is 179. The van der Waals surface area contributed by atoms with E-state index in [1.54, 1.807) is 0 Å². The van der Waals surface area contributed by atoms with Gasteiger partial charge in [-0.05, 0) is 79.9 Å². The number of aliphatic hydroxyl groups is 3. The molecule has 6 aromatic heterocycles. The standard InChI is InChI=1S/C54H73N19O29P4S4/c55-41-32-44(62-16-59-41)71(19-65-32)49-38(100-103(87,88)93-9-1-8-58-47(80)23-4-2-22(3-5-23)11-70-30(74)10-29(48(70)81)110-15-25(53(84)85)69-54(86)68-24(52(82)83)6-7-31(75)76)35(77)27(98-49)13-95-105(91,108)102-40-37(79)28(99-51(40)73-21-67-34-43(57)61-18-64-46(34)73)14-96-106(92,109)101-39-36(78)26(12-94-104(89,90)107)97-50(39)72-20-66-33-42(56)60-17-63-45(33)72/h16-29,35-40,49-51,77-79H,1-15H2,(H,58,80)(H,75,76)(H,82,83)(H,84,85)(H,87,88)(H,91,108)(H,92,109)(H2,55,59,62)(H2,56,60,63)(H2,57,61,64)(H2,68,69,86)(H2,89,90,107)/t22?,23?,24?,25?,26-,27-,28-,29?,35-,36-,37-,38-,39-,40-,49-,50-,51-,105?,106?/m1/s1. The number of ether oxygens (including phenoxy) is 3. The summed E-state index contributed by atoms with van der Waals surface area (Å²) in [5.74, 6) is -7.13. The lowest BCUT2D eigenvalue weighted by atomic mass is 9.81. The fourth-order valence-electron chi connectivity index (χ4n) is 12.5. The number of nitrogen functional groups attached to an aromatic ring is 3. The van der Waals surface area contributed by atoms with Crippen molar-refractivity contribution in [1.82, 2.24) is 79.4 Å². The number of hydrogen-bond donors (Lipinski definition) is 17. The van der Waals surface area contributed by atoms with Gasteiger partial charge in [-0.15, -0.1) is 11.8 Å². The van der Waals surface area contributed by atoms with Gasteiger partial charge in [0.2, 0.25) is 17.7 Å². The highest BCUT2D eigenvalue weighted by Gasteiger charge is 2.54. The lowest BCUT2D eigenvalue weighted by molar-refractivity contribution is -0.141. The molecule has 0 radical (unpaired) electrons. The molecule has 5 aliphatic rings. The van der Waals surface area contributed by atoms with Gasteiger partial charge in [0.25, 0.3) is 0 Å². The number of carbonyl (C=O) groups excluding carboxylic acids is 4. The maximum Gasteiger partial charge on any atom is 0.472 e. The molecule has 10 heterocycles. The van der Waals surface area contributed by atoms with Crippen molar-refractivity contribution in [2.45, 2.75) is 142 Å². The fourth-order valence-corrected chi connectivity index (χ4v) is 18.0. The number of carboxylic acids is 3. The molecule has 56 heteroatoms. The zero-order valence-corrected chi connectivity index (χ0v) is 63.5. The number of nitrogens with zero attached hydrogens (tertiary/aromatic N) is 13. The Balaban J connectivity index is 0.680. The second-order valence-electron chi connectivity index (χ2n) is 25.3. The maximum atomic E-state index is 13.8. The average molecular weight is 1700 g/mol. The summed E-state index contributed by atoms with van der Waals surface area (Å²) in [7, 11) is -5.22. The molecule has 11 rings (SSSR count). The molecule has 18 atom stereocenters. The number of aromatic nitrogens is 12. The van der Waals surface area contributed by atoms with E-state index in [0.29, 0.717) is 25.7 Å². The first kappa shape index (κ1) is 84.1. The summed E-state index contributed by atoms with van der Waals surface area (Å²) in [5, 5.41) is 69.3. The normalized spacial score (nSPS) is 28.1. The van der Waals surface area contributed by atoms with Gasteiger partial charge in [0.1, 0.15) is 103 Å². The first-order valence-electron chi connectivity index (χ1n) is 32.9. The molecule has 6 aromatic rings. The molecule has 1 saturated carbocycles. The largest absolute Gasteiger partial charge is 0.481 e. The van der Waals surface area contributed by atoms with Gasteiger partial charge in [-0.1, -0.05) is 0 Å². The van der Waals surface area contributed by atoms with Gasteiger partial charge in [0, 0.05) is 37.6 Å². The Hall–Kier alpha value is -6.85. The van der Waals surface area contributed by atoms with Crippen molar-refractivity contribution < 1.29 is 139 Å². The van der Waals surface area contributed by atoms with Crippen LogP contribution in [0.4, 0.5) is 22.2 Å². The van der Waals surface area contributed by atoms with Crippen LogP contribution in [0.15, 0.2) is 38.0 Å². The van der Waals surface area contributed by atoms with Crippen LogP contribution in [0, 0.1) is 11.8 Å². The van der Waals surface area contributed by atoms with Gasteiger partial charge < -0.3 is 116 Å². The number of phosphoric ester groups is 1. The molecule has 0 spiro atoms. The first-order valence-corrected chi connectivity index (χ1v) is 43.3. The molecule has 5 amide bonds. The second-order valence-corrected chi connectivity index (χ2v) is 36.2. The number of carbonyl (C=O) groups is 7. The minimum Gasteiger partial charge on any atom is -0.481 e. The van der Waals surface area contributed by atoms with Crippen molar-refractivity contribution in [3.05, 3.63) is 38.0 Å². The Kier molecular flexibility index (Phi) is 27.0. The zero-order valence-electron chi connectivity index (χ0n) is 56.6. The number of nitrogens with two attached hydrogens (primary N) is 3. The molecule has 20 N–H and O–H groups in total. The lowest BCUT2D eigenvalue weighted by Gasteiger charge is -2.30. The number of imide groups is 1. The smallest absolute Gasteiger partial charge is 0.472 e. The molecular formula is C54H73N19O29P4S4. The van der Waals surface area contributed by atoms with E-state index in [-0.39, 0.29) is 88.7 Å². The number of carboxylic acid groups (broad SMARTS) is 3. The summed E-state index contributed by atoms with van der Waals surface area (Å²) >= 11 is 16.2. The van der Waals surface area contributed by atoms with E-state index in [1.807, 2.05) is 5.32 Å². The third-order valence-corrected chi connectivity index (χ3v) is 24.2. The number of amides is 5. The number of rotatable bonds is 36. The van der Waals surface area contributed by atoms with E-state index in [9.17, 15) is 88.1 Å². The molecule has 4 saturated heterocycles. The Morgan fingerprint density at radius 2 is 1.05 bits per heavy atom. The van der Waals surface area contributed by atoms with Crippen LogP contribution < -0.4 is 33.2 Å². The lowest BCUT2D eigenvalue weighted by Crippen LogP contribution is -2.52. The Labute approximate surface area is 637 Å². The quantitative estimate of drug-likeness (QED) is 0.0108. The van der Waals surface area contributed by atoms with Crippen LogP contribution in [0.2, 0.25) is 0 Å². The molecule has 5 fully saturated rings. The maximum absolute atomic E-state index is 13.8. The number of anilines is 3. The number of imidazole rings is 3. The molecule has 6 unspecified atom stereocenters. The predicted octanol–water partition coefficient (Wildman–Crippen LogP) is -2.76. The van der Waals surface area contributed by atoms with Gasteiger partial charge in [0.15, 0.2) is 53.1 Å². The van der Waals surface area contributed by atoms with Crippen LogP contribution in [0.5, 0.6) is 0 Å². The number of nitrogens with one attached hydrogen (secondary N) is 3. The number of aliphatic hydroxyl groups excluding tert-OH is 3. The number of hydrogen-bond acceptors (Lipinski definition) is 37. The Morgan fingerprint density at radius 3 is 1.48 bits per heavy atom. The number of likely N-dealkylation sites (tertiary alicyclic amines) is 1. The molecule has 4 aliphatic heterocycles. The predicted molar refractivity (Wildman–Crippen MR) is 381 cm³/mol. The van der Waals surface area contributed by atoms with E-state index in [4.69, 9.17) is 91.8 Å². The van der Waals surface area contributed by atoms with Crippen LogP contribution in [0.25, 0.3) is 33.5 Å². The van der Waals surface area contributed by atoms with Crippen LogP contribution in [0.3, 0.4) is 0 Å². The number of urea groups is 1. The Bertz CT molecular complexity index is 4630. The number of aliphatic carboxylic acids is 3. The van der Waals surface area contributed by atoms with Gasteiger partial charge in [-0.2, -0.15) is 0 Å². The molecular weight excluding hydrogens is 1630 g/mol. The number of thioether (sulfide) groups is 1. The van der Waals surface area contributed by atoms with E-state index < -0.39 is 206 Å².